The van der Waals surface area contributed by atoms with E-state index in [0.717, 1.165) is 33.5 Å². The van der Waals surface area contributed by atoms with E-state index in [1.54, 1.807) is 19.4 Å². The van der Waals surface area contributed by atoms with Crippen molar-refractivity contribution in [3.63, 3.8) is 0 Å². The zero-order chi connectivity index (χ0) is 19.1. The Kier molecular flexibility index (Phi) is 3.98. The van der Waals surface area contributed by atoms with E-state index in [1.165, 1.54) is 22.5 Å². The molecule has 0 saturated heterocycles. The highest BCUT2D eigenvalue weighted by atomic mass is 16.2. The van der Waals surface area contributed by atoms with E-state index in [0.29, 0.717) is 0 Å². The van der Waals surface area contributed by atoms with Gasteiger partial charge in [-0.25, -0.2) is 9.78 Å². The number of nitrogens with zero attached hydrogens (tertiary/aromatic N) is 5. The second-order valence-corrected chi connectivity index (χ2v) is 6.48. The molecule has 138 valence electrons. The normalized spacial score (nSPS) is 13.3. The van der Waals surface area contributed by atoms with Crippen LogP contribution in [-0.2, 0) is 25.4 Å². The van der Waals surface area contributed by atoms with Gasteiger partial charge >= 0.3 is 5.69 Å². The number of carbonyl (C=O) groups excluding carboxylic acids is 1. The fourth-order valence-electron chi connectivity index (χ4n) is 3.36. The van der Waals surface area contributed by atoms with E-state index in [-0.39, 0.29) is 23.6 Å². The molecule has 9 heteroatoms. The maximum Gasteiger partial charge on any atom is 0.332 e. The zero-order valence-electron chi connectivity index (χ0n) is 15.0. The number of aryl methyl sites for hydroxylation is 1. The zero-order valence-corrected chi connectivity index (χ0v) is 15.0. The summed E-state index contributed by atoms with van der Waals surface area (Å²) in [7, 11) is 2.95. The van der Waals surface area contributed by atoms with Crippen LogP contribution in [0.4, 0.5) is 0 Å². The molecule has 1 N–H and O–H groups in total. The predicted molar refractivity (Wildman–Crippen MR) is 99.0 cm³/mol. The van der Waals surface area contributed by atoms with Crippen LogP contribution in [0.25, 0.3) is 22.9 Å². The number of pyridine rings is 1. The van der Waals surface area contributed by atoms with E-state index in [4.69, 9.17) is 0 Å². The molecule has 0 bridgehead atoms. The Morgan fingerprint density at radius 2 is 2.07 bits per heavy atom. The van der Waals surface area contributed by atoms with Crippen LogP contribution in [0.1, 0.15) is 12.8 Å². The van der Waals surface area contributed by atoms with Crippen molar-refractivity contribution < 1.29 is 4.79 Å². The molecule has 27 heavy (non-hydrogen) atoms. The summed E-state index contributed by atoms with van der Waals surface area (Å²) in [6, 6.07) is 1.87. The van der Waals surface area contributed by atoms with Crippen LogP contribution in [0.2, 0.25) is 0 Å². The molecule has 1 amide bonds. The fraction of sp³-hybridized carbons (Fsp3) is 0.278. The Bertz CT molecular complexity index is 1310. The van der Waals surface area contributed by atoms with Gasteiger partial charge in [0.2, 0.25) is 5.91 Å². The molecular weight excluding hydrogens is 348 g/mol. The predicted octanol–water partition coefficient (Wildman–Crippen LogP) is -1.67. The van der Waals surface area contributed by atoms with E-state index in [1.807, 2.05) is 6.07 Å². The maximum atomic E-state index is 12.6. The van der Waals surface area contributed by atoms with Crippen molar-refractivity contribution in [1.29, 1.82) is 0 Å². The highest BCUT2D eigenvalue weighted by Gasteiger charge is 2.16. The van der Waals surface area contributed by atoms with Gasteiger partial charge < -0.3 is 9.88 Å². The third-order valence-electron chi connectivity index (χ3n) is 4.76. The lowest BCUT2D eigenvalue weighted by molar-refractivity contribution is -0.120. The highest BCUT2D eigenvalue weighted by Crippen LogP contribution is 2.07. The molecule has 0 unspecified atom stereocenters. The van der Waals surface area contributed by atoms with Crippen LogP contribution in [0, 0.1) is 0 Å². The molecule has 0 atom stereocenters. The number of carbonyl (C=O) groups is 1. The first-order chi connectivity index (χ1) is 13.0. The summed E-state index contributed by atoms with van der Waals surface area (Å²) in [6.07, 6.45) is 8.51. The van der Waals surface area contributed by atoms with Crippen molar-refractivity contribution >= 4 is 28.8 Å². The second kappa shape index (κ2) is 6.35. The Hall–Kier alpha value is -3.49. The molecule has 1 aliphatic carbocycles. The maximum absolute atomic E-state index is 12.6. The number of imidazole rings is 1. The number of hydrogen-bond donors (Lipinski definition) is 1. The van der Waals surface area contributed by atoms with Crippen molar-refractivity contribution in [2.75, 3.05) is 0 Å². The number of rotatable bonds is 3. The van der Waals surface area contributed by atoms with Gasteiger partial charge in [-0.05, 0) is 24.1 Å². The molecule has 1 aliphatic rings. The SMILES string of the molecule is Cn1c(=O)c2c(ncn2CC(=O)NC2=c3ccncc3=CCC2)n(C)c1=O. The number of amides is 1. The summed E-state index contributed by atoms with van der Waals surface area (Å²) in [5.41, 5.74) is 0.384. The second-order valence-electron chi connectivity index (χ2n) is 6.48. The lowest BCUT2D eigenvalue weighted by Crippen LogP contribution is -2.39. The molecule has 3 aromatic rings. The summed E-state index contributed by atoms with van der Waals surface area (Å²) < 4.78 is 3.77. The first-order valence-electron chi connectivity index (χ1n) is 8.51. The first-order valence-corrected chi connectivity index (χ1v) is 8.51. The Morgan fingerprint density at radius 1 is 1.26 bits per heavy atom. The van der Waals surface area contributed by atoms with E-state index in [2.05, 4.69) is 21.4 Å². The van der Waals surface area contributed by atoms with Gasteiger partial charge in [0.05, 0.1) is 6.33 Å². The van der Waals surface area contributed by atoms with Gasteiger partial charge in [0.25, 0.3) is 5.56 Å². The minimum absolute atomic E-state index is 0.0719. The Balaban J connectivity index is 1.70. The Labute approximate surface area is 152 Å². The van der Waals surface area contributed by atoms with Crippen molar-refractivity contribution in [3.8, 4) is 0 Å². The summed E-state index contributed by atoms with van der Waals surface area (Å²) >= 11 is 0. The molecule has 3 aromatic heterocycles. The van der Waals surface area contributed by atoms with Gasteiger partial charge in [0, 0.05) is 37.4 Å². The number of fused-ring (bicyclic) bond motifs is 2. The molecule has 0 aromatic carbocycles. The van der Waals surface area contributed by atoms with Crippen LogP contribution >= 0.6 is 0 Å². The summed E-state index contributed by atoms with van der Waals surface area (Å²) in [5, 5.41) is 4.90. The molecule has 4 rings (SSSR count). The minimum Gasteiger partial charge on any atom is -0.328 e. The van der Waals surface area contributed by atoms with Gasteiger partial charge in [-0.15, -0.1) is 0 Å². The van der Waals surface area contributed by atoms with Crippen LogP contribution in [0.3, 0.4) is 0 Å². The van der Waals surface area contributed by atoms with Gasteiger partial charge in [0.1, 0.15) is 6.54 Å². The van der Waals surface area contributed by atoms with Crippen molar-refractivity contribution in [3.05, 3.63) is 56.1 Å². The number of aromatic nitrogens is 5. The highest BCUT2D eigenvalue weighted by molar-refractivity contribution is 5.84. The van der Waals surface area contributed by atoms with Crippen molar-refractivity contribution in [1.82, 2.24) is 29.0 Å². The van der Waals surface area contributed by atoms with E-state index < -0.39 is 11.2 Å². The van der Waals surface area contributed by atoms with Crippen LogP contribution < -0.4 is 27.0 Å². The van der Waals surface area contributed by atoms with Crippen LogP contribution in [-0.4, -0.2) is 29.6 Å². The van der Waals surface area contributed by atoms with Crippen molar-refractivity contribution in [2.24, 2.45) is 14.1 Å². The molecule has 0 aliphatic heterocycles. The average molecular weight is 366 g/mol. The van der Waals surface area contributed by atoms with Gasteiger partial charge in [-0.2, -0.15) is 0 Å². The molecule has 0 fully saturated rings. The van der Waals surface area contributed by atoms with Gasteiger partial charge in [-0.3, -0.25) is 23.7 Å². The van der Waals surface area contributed by atoms with Crippen LogP contribution in [0.5, 0.6) is 0 Å². The van der Waals surface area contributed by atoms with E-state index in [9.17, 15) is 14.4 Å². The summed E-state index contributed by atoms with van der Waals surface area (Å²) in [4.78, 5) is 45.3. The molecular formula is C18H18N6O3. The topological polar surface area (TPSA) is 104 Å². The molecule has 0 saturated carbocycles. The standard InChI is InChI=1S/C18H18N6O3/c1-22-16-15(17(26)23(2)18(22)27)24(10-20-16)9-14(25)21-13-5-3-4-11-8-19-7-6-12(11)13/h4,6-8,10H,3,5,9H2,1-2H3,(H,21,25). The van der Waals surface area contributed by atoms with Crippen LogP contribution in [0.15, 0.2) is 34.4 Å². The number of nitrogens with one attached hydrogen (secondary N) is 1. The minimum atomic E-state index is -0.477. The van der Waals surface area contributed by atoms with Crippen molar-refractivity contribution in [2.45, 2.75) is 19.4 Å². The lowest BCUT2D eigenvalue weighted by atomic mass is 10.1. The average Bonchev–Trinajstić information content (AvgIpc) is 3.08. The third kappa shape index (κ3) is 2.77. The summed E-state index contributed by atoms with van der Waals surface area (Å²) in [5.74, 6) is -0.259. The quantitative estimate of drug-likeness (QED) is 0.597. The molecule has 0 spiro atoms. The molecule has 9 nitrogen and oxygen atoms in total. The molecule has 3 heterocycles. The lowest BCUT2D eigenvalue weighted by Gasteiger charge is -2.13. The molecule has 0 radical (unpaired) electrons. The van der Waals surface area contributed by atoms with Gasteiger partial charge in [-0.1, -0.05) is 6.08 Å². The largest absolute Gasteiger partial charge is 0.332 e. The smallest absolute Gasteiger partial charge is 0.328 e. The van der Waals surface area contributed by atoms with E-state index >= 15 is 0 Å². The fourth-order valence-corrected chi connectivity index (χ4v) is 3.36. The summed E-state index contributed by atoms with van der Waals surface area (Å²) in [6.45, 7) is -0.0719. The monoisotopic (exact) mass is 366 g/mol. The Morgan fingerprint density at radius 3 is 2.89 bits per heavy atom. The van der Waals surface area contributed by atoms with Gasteiger partial charge in [0.15, 0.2) is 11.2 Å². The third-order valence-corrected chi connectivity index (χ3v) is 4.76. The number of hydrogen-bond acceptors (Lipinski definition) is 5. The first kappa shape index (κ1) is 17.0.